The highest BCUT2D eigenvalue weighted by molar-refractivity contribution is 6.32. The first-order valence-corrected chi connectivity index (χ1v) is 8.11. The number of aromatic hydroxyl groups is 2. The smallest absolute Gasteiger partial charge is 0.274 e. The van der Waals surface area contributed by atoms with Gasteiger partial charge in [-0.3, -0.25) is 4.79 Å². The Morgan fingerprint density at radius 2 is 1.89 bits per heavy atom. The van der Waals surface area contributed by atoms with Crippen molar-refractivity contribution < 1.29 is 28.3 Å². The molecule has 0 saturated heterocycles. The molecule has 0 aliphatic rings. The molecular formula is C18H13ClF2N2O4. The molecular weight excluding hydrogens is 381 g/mol. The van der Waals surface area contributed by atoms with E-state index in [4.69, 9.17) is 16.1 Å². The first-order chi connectivity index (χ1) is 12.9. The predicted molar refractivity (Wildman–Crippen MR) is 94.0 cm³/mol. The van der Waals surface area contributed by atoms with Crippen molar-refractivity contribution in [2.45, 2.75) is 0 Å². The van der Waals surface area contributed by atoms with Gasteiger partial charge in [-0.25, -0.2) is 8.78 Å². The van der Waals surface area contributed by atoms with Crippen molar-refractivity contribution in [3.05, 3.63) is 52.9 Å². The van der Waals surface area contributed by atoms with Crippen LogP contribution in [0, 0.1) is 5.82 Å². The van der Waals surface area contributed by atoms with Crippen LogP contribution in [0.3, 0.4) is 0 Å². The molecule has 0 atom stereocenters. The number of hydrogen-bond donors (Lipinski definition) is 3. The minimum Gasteiger partial charge on any atom is -0.507 e. The highest BCUT2D eigenvalue weighted by Crippen LogP contribution is 2.42. The molecule has 0 aliphatic carbocycles. The fraction of sp³-hybridized carbons (Fsp3) is 0.111. The highest BCUT2D eigenvalue weighted by atomic mass is 35.5. The Hall–Kier alpha value is -3.13. The molecule has 0 aliphatic heterocycles. The minimum absolute atomic E-state index is 0.0218. The minimum atomic E-state index is -0.767. The van der Waals surface area contributed by atoms with Gasteiger partial charge in [0.25, 0.3) is 5.91 Å². The maximum absolute atomic E-state index is 13.3. The Morgan fingerprint density at radius 3 is 2.56 bits per heavy atom. The lowest BCUT2D eigenvalue weighted by molar-refractivity contribution is 0.0942. The Labute approximate surface area is 157 Å². The van der Waals surface area contributed by atoms with Crippen molar-refractivity contribution in [2.75, 3.05) is 13.2 Å². The topological polar surface area (TPSA) is 95.6 Å². The zero-order chi connectivity index (χ0) is 19.6. The van der Waals surface area contributed by atoms with Crippen LogP contribution in [-0.2, 0) is 0 Å². The normalized spacial score (nSPS) is 10.8. The number of aromatic nitrogens is 1. The first kappa shape index (κ1) is 18.7. The Kier molecular flexibility index (Phi) is 5.27. The molecule has 1 amide bonds. The number of halogens is 3. The lowest BCUT2D eigenvalue weighted by Gasteiger charge is -2.08. The molecule has 27 heavy (non-hydrogen) atoms. The van der Waals surface area contributed by atoms with E-state index in [1.807, 2.05) is 0 Å². The van der Waals surface area contributed by atoms with Gasteiger partial charge in [0.05, 0.1) is 16.1 Å². The van der Waals surface area contributed by atoms with Crippen LogP contribution < -0.4 is 5.32 Å². The molecule has 9 heteroatoms. The second kappa shape index (κ2) is 7.63. The van der Waals surface area contributed by atoms with Crippen LogP contribution in [0.25, 0.3) is 22.5 Å². The number of rotatable bonds is 5. The SMILES string of the molecule is O=C(NCC[18F])c1noc(-c2cc(Cl)c(O)cc2O)c1-c1ccc(F)cc1. The lowest BCUT2D eigenvalue weighted by Crippen LogP contribution is -2.26. The van der Waals surface area contributed by atoms with Crippen molar-refractivity contribution in [2.24, 2.45) is 0 Å². The van der Waals surface area contributed by atoms with Gasteiger partial charge in [-0.15, -0.1) is 0 Å². The third kappa shape index (κ3) is 3.70. The van der Waals surface area contributed by atoms with Gasteiger partial charge in [0, 0.05) is 12.6 Å². The summed E-state index contributed by atoms with van der Waals surface area (Å²) in [6.45, 7) is -0.989. The molecule has 0 bridgehead atoms. The summed E-state index contributed by atoms with van der Waals surface area (Å²) in [6.07, 6.45) is 0. The molecule has 0 unspecified atom stereocenters. The molecule has 0 saturated carbocycles. The van der Waals surface area contributed by atoms with Crippen LogP contribution in [-0.4, -0.2) is 34.5 Å². The van der Waals surface area contributed by atoms with Crippen LogP contribution in [0.15, 0.2) is 40.9 Å². The van der Waals surface area contributed by atoms with E-state index >= 15 is 0 Å². The van der Waals surface area contributed by atoms with Crippen molar-refractivity contribution in [1.29, 1.82) is 0 Å². The average molecular weight is 394 g/mol. The average Bonchev–Trinajstić information content (AvgIpc) is 3.08. The Balaban J connectivity index is 2.20. The van der Waals surface area contributed by atoms with Gasteiger partial charge in [0.15, 0.2) is 11.5 Å². The van der Waals surface area contributed by atoms with E-state index in [0.29, 0.717) is 5.56 Å². The van der Waals surface area contributed by atoms with E-state index in [1.54, 1.807) is 0 Å². The van der Waals surface area contributed by atoms with Crippen LogP contribution in [0.4, 0.5) is 8.78 Å². The number of phenolic OH excluding ortho intramolecular Hbond substituents is 2. The summed E-state index contributed by atoms with van der Waals surface area (Å²) in [7, 11) is 0. The molecule has 0 radical (unpaired) electrons. The summed E-state index contributed by atoms with van der Waals surface area (Å²) in [5, 5.41) is 25.7. The molecule has 2 aromatic carbocycles. The summed E-state index contributed by atoms with van der Waals surface area (Å²) in [5.41, 5.74) is 0.424. The summed E-state index contributed by atoms with van der Waals surface area (Å²) in [6, 6.07) is 7.41. The van der Waals surface area contributed by atoms with Crippen LogP contribution in [0.5, 0.6) is 11.5 Å². The zero-order valence-corrected chi connectivity index (χ0v) is 14.4. The van der Waals surface area contributed by atoms with E-state index in [9.17, 15) is 23.8 Å². The molecule has 1 heterocycles. The summed E-state index contributed by atoms with van der Waals surface area (Å²) in [5.74, 6) is -1.93. The maximum Gasteiger partial charge on any atom is 0.274 e. The van der Waals surface area contributed by atoms with Crippen LogP contribution in [0.1, 0.15) is 10.5 Å². The lowest BCUT2D eigenvalue weighted by atomic mass is 9.98. The fourth-order valence-corrected chi connectivity index (χ4v) is 2.65. The van der Waals surface area contributed by atoms with E-state index < -0.39 is 18.4 Å². The molecule has 0 spiro atoms. The number of alkyl halides is 1. The van der Waals surface area contributed by atoms with Gasteiger partial charge < -0.3 is 20.1 Å². The maximum atomic E-state index is 13.3. The van der Waals surface area contributed by atoms with Gasteiger partial charge in [0.2, 0.25) is 0 Å². The summed E-state index contributed by atoms with van der Waals surface area (Å²) >= 11 is 5.90. The molecule has 3 aromatic rings. The number of phenols is 2. The quantitative estimate of drug-likeness (QED) is 0.610. The van der Waals surface area contributed by atoms with Gasteiger partial charge in [-0.1, -0.05) is 28.9 Å². The summed E-state index contributed by atoms with van der Waals surface area (Å²) in [4.78, 5) is 12.3. The molecule has 1 aromatic heterocycles. The molecule has 0 fully saturated rings. The van der Waals surface area contributed by atoms with Crippen LogP contribution >= 0.6 is 11.6 Å². The number of carbonyl (C=O) groups excluding carboxylic acids is 1. The van der Waals surface area contributed by atoms with E-state index in [-0.39, 0.29) is 45.6 Å². The molecule has 140 valence electrons. The van der Waals surface area contributed by atoms with Crippen molar-refractivity contribution in [3.8, 4) is 33.9 Å². The Bertz CT molecular complexity index is 990. The van der Waals surface area contributed by atoms with Gasteiger partial charge in [-0.2, -0.15) is 0 Å². The molecule has 3 N–H and O–H groups in total. The number of nitrogens with zero attached hydrogens (tertiary/aromatic N) is 1. The van der Waals surface area contributed by atoms with Gasteiger partial charge in [-0.05, 0) is 23.8 Å². The predicted octanol–water partition coefficient (Wildman–Crippen LogP) is 3.91. The first-order valence-electron chi connectivity index (χ1n) is 7.74. The van der Waals surface area contributed by atoms with Gasteiger partial charge in [0.1, 0.15) is 24.0 Å². The number of benzene rings is 2. The zero-order valence-electron chi connectivity index (χ0n) is 13.7. The number of carbonyl (C=O) groups is 1. The molecule has 3 rings (SSSR count). The van der Waals surface area contributed by atoms with E-state index in [2.05, 4.69) is 10.5 Å². The van der Waals surface area contributed by atoms with Crippen molar-refractivity contribution in [3.63, 3.8) is 0 Å². The Morgan fingerprint density at radius 1 is 1.19 bits per heavy atom. The third-order valence-electron chi connectivity index (χ3n) is 3.73. The van der Waals surface area contributed by atoms with Crippen LogP contribution in [0.2, 0.25) is 5.02 Å². The standard InChI is InChI=1S/C18H13ClF2N2O4/c19-12-7-11(13(24)8-14(12)25)17-15(9-1-3-10(21)4-2-9)16(23-27-17)18(26)22-6-5-20/h1-4,7-8,24-25H,5-6H2,(H,22,26)/i20-1. The fourth-order valence-electron chi connectivity index (χ4n) is 2.49. The number of nitrogens with one attached hydrogen (secondary N) is 1. The third-order valence-corrected chi connectivity index (χ3v) is 4.03. The molecule has 6 nitrogen and oxygen atoms in total. The van der Waals surface area contributed by atoms with E-state index in [1.165, 1.54) is 30.3 Å². The monoisotopic (exact) mass is 393 g/mol. The second-order valence-corrected chi connectivity index (χ2v) is 5.92. The summed E-state index contributed by atoms with van der Waals surface area (Å²) < 4.78 is 30.9. The number of hydrogen-bond acceptors (Lipinski definition) is 5. The van der Waals surface area contributed by atoms with Crippen molar-refractivity contribution in [1.82, 2.24) is 10.5 Å². The van der Waals surface area contributed by atoms with Crippen molar-refractivity contribution >= 4 is 17.5 Å². The largest absolute Gasteiger partial charge is 0.507 e. The second-order valence-electron chi connectivity index (χ2n) is 5.51. The van der Waals surface area contributed by atoms with E-state index in [0.717, 1.165) is 6.07 Å². The van der Waals surface area contributed by atoms with Gasteiger partial charge >= 0.3 is 0 Å². The highest BCUT2D eigenvalue weighted by Gasteiger charge is 2.26. The number of amides is 1.